The maximum absolute atomic E-state index is 13.3. The van der Waals surface area contributed by atoms with Gasteiger partial charge in [0.25, 0.3) is 10.0 Å². The minimum Gasteiger partial charge on any atom is -0.350 e. The van der Waals surface area contributed by atoms with Crippen molar-refractivity contribution in [3.05, 3.63) is 78.1 Å². The molecule has 34 heavy (non-hydrogen) atoms. The molecule has 10 heteroatoms. The second-order valence-electron chi connectivity index (χ2n) is 8.77. The van der Waals surface area contributed by atoms with Crippen LogP contribution in [0.5, 0.6) is 0 Å². The molecule has 0 radical (unpaired) electrons. The maximum Gasteiger partial charge on any atom is 0.269 e. The molecule has 1 saturated carbocycles. The van der Waals surface area contributed by atoms with Crippen molar-refractivity contribution in [2.75, 3.05) is 0 Å². The molecular weight excluding hydrogens is 450 g/mol. The van der Waals surface area contributed by atoms with E-state index in [9.17, 15) is 8.42 Å². The number of hydrogen-bond donors (Lipinski definition) is 0. The lowest BCUT2D eigenvalue weighted by atomic mass is 10.1. The molecule has 5 aromatic rings. The predicted molar refractivity (Wildman–Crippen MR) is 125 cm³/mol. The van der Waals surface area contributed by atoms with E-state index in [2.05, 4.69) is 25.8 Å². The summed E-state index contributed by atoms with van der Waals surface area (Å²) in [7, 11) is -3.80. The molecule has 0 saturated heterocycles. The van der Waals surface area contributed by atoms with Crippen LogP contribution >= 0.6 is 0 Å². The Kier molecular flexibility index (Phi) is 4.57. The summed E-state index contributed by atoms with van der Waals surface area (Å²) in [5, 5.41) is 17.9. The fourth-order valence-corrected chi connectivity index (χ4v) is 6.20. The van der Waals surface area contributed by atoms with Gasteiger partial charge in [-0.25, -0.2) is 17.4 Å². The predicted octanol–water partition coefficient (Wildman–Crippen LogP) is 3.81. The smallest absolute Gasteiger partial charge is 0.269 e. The van der Waals surface area contributed by atoms with Crippen molar-refractivity contribution < 1.29 is 8.42 Å². The molecule has 9 nitrogen and oxygen atoms in total. The first-order valence-electron chi connectivity index (χ1n) is 11.1. The lowest BCUT2D eigenvalue weighted by molar-refractivity contribution is 0.508. The zero-order chi connectivity index (χ0) is 23.4. The molecule has 0 N–H and O–H groups in total. The maximum atomic E-state index is 13.3. The van der Waals surface area contributed by atoms with Gasteiger partial charge in [0.15, 0.2) is 11.3 Å². The van der Waals surface area contributed by atoms with E-state index in [-0.39, 0.29) is 16.9 Å². The fraction of sp³-hybridized carbons (Fsp3) is 0.250. The van der Waals surface area contributed by atoms with Crippen LogP contribution in [0.1, 0.15) is 48.2 Å². The Bertz CT molecular complexity index is 1690. The van der Waals surface area contributed by atoms with Crippen LogP contribution in [0.3, 0.4) is 0 Å². The number of aromatic nitrogens is 6. The van der Waals surface area contributed by atoms with Crippen molar-refractivity contribution in [3.8, 4) is 6.07 Å². The first-order chi connectivity index (χ1) is 16.5. The van der Waals surface area contributed by atoms with Crippen molar-refractivity contribution in [1.82, 2.24) is 28.1 Å². The highest BCUT2D eigenvalue weighted by Crippen LogP contribution is 2.41. The summed E-state index contributed by atoms with van der Waals surface area (Å²) >= 11 is 0. The molecular formula is C24H21N7O2S. The second kappa shape index (κ2) is 7.53. The lowest BCUT2D eigenvalue weighted by Gasteiger charge is -2.13. The summed E-state index contributed by atoms with van der Waals surface area (Å²) in [6.07, 6.45) is 9.70. The number of benzene rings is 1. The molecule has 6 rings (SSSR count). The van der Waals surface area contributed by atoms with Crippen LogP contribution in [-0.2, 0) is 10.0 Å². The lowest BCUT2D eigenvalue weighted by Crippen LogP contribution is -2.13. The first-order valence-corrected chi connectivity index (χ1v) is 12.5. The second-order valence-corrected chi connectivity index (χ2v) is 10.6. The zero-order valence-corrected chi connectivity index (χ0v) is 19.2. The van der Waals surface area contributed by atoms with Crippen LogP contribution < -0.4 is 0 Å². The highest BCUT2D eigenvalue weighted by molar-refractivity contribution is 7.90. The topological polar surface area (TPSA) is 111 Å². The van der Waals surface area contributed by atoms with Gasteiger partial charge in [-0.1, -0.05) is 17.7 Å². The Morgan fingerprint density at radius 2 is 1.88 bits per heavy atom. The van der Waals surface area contributed by atoms with Crippen LogP contribution in [0.2, 0.25) is 0 Å². The summed E-state index contributed by atoms with van der Waals surface area (Å²) in [5.41, 5.74) is 3.23. The van der Waals surface area contributed by atoms with E-state index in [0.717, 1.165) is 30.7 Å². The molecule has 1 aromatic carbocycles. The van der Waals surface area contributed by atoms with Gasteiger partial charge in [-0.3, -0.25) is 4.40 Å². The third-order valence-electron chi connectivity index (χ3n) is 6.67. The Morgan fingerprint density at radius 3 is 2.65 bits per heavy atom. The Balaban J connectivity index is 1.40. The number of nitrogens with zero attached hydrogens (tertiary/aromatic N) is 7. The molecule has 2 atom stereocenters. The number of hydrogen-bond acceptors (Lipinski definition) is 6. The van der Waals surface area contributed by atoms with E-state index in [1.807, 2.05) is 29.8 Å². The number of aryl methyl sites for hydroxylation is 1. The van der Waals surface area contributed by atoms with Gasteiger partial charge in [0.1, 0.15) is 11.9 Å². The summed E-state index contributed by atoms with van der Waals surface area (Å²) in [4.78, 5) is 4.63. The van der Waals surface area contributed by atoms with E-state index in [1.54, 1.807) is 36.5 Å². The van der Waals surface area contributed by atoms with Gasteiger partial charge in [-0.05, 0) is 50.5 Å². The van der Waals surface area contributed by atoms with Gasteiger partial charge >= 0.3 is 0 Å². The summed E-state index contributed by atoms with van der Waals surface area (Å²) in [6, 6.07) is 12.8. The van der Waals surface area contributed by atoms with Gasteiger partial charge < -0.3 is 4.57 Å². The van der Waals surface area contributed by atoms with Crippen molar-refractivity contribution in [3.63, 3.8) is 0 Å². The van der Waals surface area contributed by atoms with E-state index in [0.29, 0.717) is 22.4 Å². The van der Waals surface area contributed by atoms with Gasteiger partial charge in [-0.15, -0.1) is 10.2 Å². The van der Waals surface area contributed by atoms with Crippen molar-refractivity contribution in [1.29, 1.82) is 5.26 Å². The molecule has 0 amide bonds. The van der Waals surface area contributed by atoms with Crippen LogP contribution in [-0.4, -0.2) is 36.5 Å². The largest absolute Gasteiger partial charge is 0.350 e. The number of rotatable bonds is 4. The summed E-state index contributed by atoms with van der Waals surface area (Å²) < 4.78 is 31.9. The molecule has 0 spiro atoms. The molecule has 1 aliphatic rings. The average Bonchev–Trinajstić information content (AvgIpc) is 3.63. The van der Waals surface area contributed by atoms with Gasteiger partial charge in [0.05, 0.1) is 22.2 Å². The van der Waals surface area contributed by atoms with Gasteiger partial charge in [-0.2, -0.15) is 5.26 Å². The monoisotopic (exact) mass is 471 g/mol. The third-order valence-corrected chi connectivity index (χ3v) is 8.36. The molecule has 4 heterocycles. The highest BCUT2D eigenvalue weighted by Gasteiger charge is 2.31. The van der Waals surface area contributed by atoms with E-state index in [4.69, 9.17) is 5.26 Å². The number of fused-ring (bicyclic) bond motifs is 3. The SMILES string of the molecule is Cc1ccc(S(=O)(=O)n2ccc3c2ncc2nnc(C4CCC(n5ccc(C#N)c5)C4)n23)cc1. The first kappa shape index (κ1) is 20.6. The molecule has 1 aliphatic carbocycles. The third kappa shape index (κ3) is 3.12. The van der Waals surface area contributed by atoms with Crippen LogP contribution in [0.15, 0.2) is 66.1 Å². The standard InChI is InChI=1S/C24H21N7O2S/c1-16-2-6-20(7-3-16)34(32,33)30-11-9-21-24(30)26-14-22-27-28-23(31(21)22)18-4-5-19(12-18)29-10-8-17(13-25)15-29/h2-3,6-11,14-15,18-19H,4-5,12H2,1H3. The van der Waals surface area contributed by atoms with E-state index >= 15 is 0 Å². The molecule has 1 fully saturated rings. The van der Waals surface area contributed by atoms with Gasteiger partial charge in [0, 0.05) is 30.6 Å². The fourth-order valence-electron chi connectivity index (χ4n) is 4.90. The van der Waals surface area contributed by atoms with Crippen molar-refractivity contribution in [2.24, 2.45) is 0 Å². The molecule has 0 aliphatic heterocycles. The normalized spacial score (nSPS) is 18.6. The van der Waals surface area contributed by atoms with Crippen LogP contribution in [0.4, 0.5) is 0 Å². The van der Waals surface area contributed by atoms with E-state index in [1.165, 1.54) is 10.2 Å². The summed E-state index contributed by atoms with van der Waals surface area (Å²) in [6.45, 7) is 1.92. The van der Waals surface area contributed by atoms with Gasteiger partial charge in [0.2, 0.25) is 0 Å². The summed E-state index contributed by atoms with van der Waals surface area (Å²) in [5.74, 6) is 0.971. The minimum atomic E-state index is -3.80. The highest BCUT2D eigenvalue weighted by atomic mass is 32.2. The van der Waals surface area contributed by atoms with Crippen molar-refractivity contribution >= 4 is 26.8 Å². The van der Waals surface area contributed by atoms with Crippen LogP contribution in [0.25, 0.3) is 16.8 Å². The van der Waals surface area contributed by atoms with Crippen molar-refractivity contribution in [2.45, 2.75) is 43.0 Å². The Labute approximate surface area is 196 Å². The van der Waals surface area contributed by atoms with E-state index < -0.39 is 10.0 Å². The minimum absolute atomic E-state index is 0.163. The Morgan fingerprint density at radius 1 is 1.06 bits per heavy atom. The molecule has 0 bridgehead atoms. The molecule has 4 aromatic heterocycles. The van der Waals surface area contributed by atoms with Crippen LogP contribution in [0, 0.1) is 18.3 Å². The average molecular weight is 472 g/mol. The molecule has 2 unspecified atom stereocenters. The molecule has 170 valence electrons. The number of nitriles is 1. The zero-order valence-electron chi connectivity index (χ0n) is 18.4. The quantitative estimate of drug-likeness (QED) is 0.394. The Hall–Kier alpha value is -3.97.